The van der Waals surface area contributed by atoms with Gasteiger partial charge in [-0.3, -0.25) is 9.59 Å². The summed E-state index contributed by atoms with van der Waals surface area (Å²) in [6.45, 7) is 10.5. The molecular formula is C66H106Br2N2O2S4Sn2. The van der Waals surface area contributed by atoms with Gasteiger partial charge in [-0.1, -0.05) is 207 Å². The Labute approximate surface area is 518 Å². The monoisotopic (exact) mass is 1480 g/mol. The van der Waals surface area contributed by atoms with Gasteiger partial charge in [-0.05, 0) is 93.6 Å². The van der Waals surface area contributed by atoms with Crippen LogP contribution >= 0.6 is 77.2 Å². The number of hydrogen-bond donors (Lipinski definition) is 0. The summed E-state index contributed by atoms with van der Waals surface area (Å²) in [6, 6.07) is 13.4. The van der Waals surface area contributed by atoms with Crippen molar-refractivity contribution in [2.45, 2.75) is 263 Å². The number of nitrogens with zero attached hydrogens (tertiary/aromatic N) is 2. The summed E-state index contributed by atoms with van der Waals surface area (Å²) in [6.07, 6.45) is 41.0. The molecule has 2 atom stereocenters. The van der Waals surface area contributed by atoms with Crippen molar-refractivity contribution in [3.63, 3.8) is 0 Å². The first-order valence-electron chi connectivity index (χ1n) is 31.7. The molecule has 78 heavy (non-hydrogen) atoms. The van der Waals surface area contributed by atoms with Crippen molar-refractivity contribution in [3.8, 4) is 0 Å². The summed E-state index contributed by atoms with van der Waals surface area (Å²) in [7, 11) is 0. The van der Waals surface area contributed by atoms with Gasteiger partial charge < -0.3 is 9.80 Å². The Kier molecular flexibility index (Phi) is 32.5. The van der Waals surface area contributed by atoms with Gasteiger partial charge in [0.25, 0.3) is 11.8 Å². The van der Waals surface area contributed by atoms with Crippen molar-refractivity contribution in [2.75, 3.05) is 13.1 Å². The standard InChI is InChI=1S/C54H86Br2N2O2S2.C6H2S2.6CH3.2Sn/c1-5-9-13-17-21-23-27-31-35-43(33-29-25-19-15-11-7-3)41-57-51(45-37-39-47(55)61-45)49-50(53(57)59)52(46-38-40-48(56)62-46)58(54(49)60)42-44(34-30-26-20-16-12-8-4)36-32-28-24-22-18-14-10-6-2;1-3-7-6-2-4-8-5(1)6;;;;;;;;/h37-40,43-44H,5-36,41-42H2,1-4H3;1-2H;6*1H3;;. The Morgan fingerprint density at radius 3 is 0.910 bits per heavy atom. The molecule has 0 radical (unpaired) electrons. The zero-order valence-electron chi connectivity index (χ0n) is 50.8. The van der Waals surface area contributed by atoms with Crippen molar-refractivity contribution in [1.29, 1.82) is 0 Å². The van der Waals surface area contributed by atoms with Gasteiger partial charge in [0.2, 0.25) is 0 Å². The molecule has 0 N–H and O–H groups in total. The molecule has 0 aromatic carbocycles. The van der Waals surface area contributed by atoms with Crippen LogP contribution in [0, 0.1) is 11.8 Å². The van der Waals surface area contributed by atoms with Crippen LogP contribution in [0.25, 0.3) is 20.8 Å². The minimum atomic E-state index is -1.82. The van der Waals surface area contributed by atoms with Gasteiger partial charge in [-0.25, -0.2) is 0 Å². The molecule has 4 aromatic rings. The normalized spacial score (nSPS) is 14.9. The molecule has 0 spiro atoms. The van der Waals surface area contributed by atoms with Crippen molar-refractivity contribution in [3.05, 3.63) is 64.9 Å². The van der Waals surface area contributed by atoms with Gasteiger partial charge in [0.1, 0.15) is 0 Å². The Morgan fingerprint density at radius 2 is 0.667 bits per heavy atom. The number of carbonyl (C=O) groups excluding carboxylic acids is 2. The van der Waals surface area contributed by atoms with E-state index < -0.39 is 36.8 Å². The predicted octanol–water partition coefficient (Wildman–Crippen LogP) is 23.0. The number of unbranched alkanes of at least 4 members (excludes halogenated alkanes) is 24. The van der Waals surface area contributed by atoms with Gasteiger partial charge in [-0.2, -0.15) is 0 Å². The third-order valence-corrected chi connectivity index (χ3v) is 40.6. The second-order valence-corrected chi connectivity index (χ2v) is 63.2. The van der Waals surface area contributed by atoms with Crippen LogP contribution in [0.3, 0.4) is 0 Å². The molecule has 0 saturated heterocycles. The number of rotatable bonds is 40. The fourth-order valence-corrected chi connectivity index (χ4v) is 27.9. The fourth-order valence-electron chi connectivity index (χ4n) is 11.4. The maximum absolute atomic E-state index is 15.3. The minimum absolute atomic E-state index is 0.0364. The summed E-state index contributed by atoms with van der Waals surface area (Å²) >= 11 is 11.3. The van der Waals surface area contributed by atoms with Crippen molar-refractivity contribution < 1.29 is 9.59 Å². The Morgan fingerprint density at radius 1 is 0.397 bits per heavy atom. The van der Waals surface area contributed by atoms with Crippen molar-refractivity contribution >= 4 is 152 Å². The van der Waals surface area contributed by atoms with Crippen LogP contribution in [0.4, 0.5) is 0 Å². The molecule has 4 nitrogen and oxygen atoms in total. The first kappa shape index (κ1) is 68.8. The number of halogens is 2. The molecule has 0 fully saturated rings. The van der Waals surface area contributed by atoms with E-state index in [2.05, 4.69) is 158 Å². The third-order valence-electron chi connectivity index (χ3n) is 16.2. The van der Waals surface area contributed by atoms with E-state index in [9.17, 15) is 0 Å². The molecule has 2 amide bonds. The van der Waals surface area contributed by atoms with E-state index in [1.807, 2.05) is 0 Å². The van der Waals surface area contributed by atoms with Crippen LogP contribution < -0.4 is 5.79 Å². The van der Waals surface area contributed by atoms with E-state index in [1.165, 1.54) is 180 Å². The van der Waals surface area contributed by atoms with Gasteiger partial charge >= 0.3 is 116 Å². The molecule has 0 aliphatic carbocycles. The summed E-state index contributed by atoms with van der Waals surface area (Å²) in [5.41, 5.74) is 3.03. The molecule has 438 valence electrons. The van der Waals surface area contributed by atoms with Crippen molar-refractivity contribution in [1.82, 2.24) is 9.80 Å². The summed E-state index contributed by atoms with van der Waals surface area (Å²) in [5.74, 6) is 0.911. The second-order valence-electron chi connectivity index (χ2n) is 25.3. The van der Waals surface area contributed by atoms with E-state index in [0.717, 1.165) is 54.4 Å². The molecule has 6 rings (SSSR count). The van der Waals surface area contributed by atoms with Gasteiger partial charge in [-0.15, -0.1) is 22.7 Å². The van der Waals surface area contributed by atoms with Crippen LogP contribution in [-0.2, 0) is 9.59 Å². The van der Waals surface area contributed by atoms with E-state index in [4.69, 9.17) is 0 Å². The number of carbonyl (C=O) groups is 2. The Balaban J connectivity index is 0.000000593. The zero-order valence-corrected chi connectivity index (χ0v) is 62.9. The summed E-state index contributed by atoms with van der Waals surface area (Å²) in [5, 5.41) is 0. The van der Waals surface area contributed by atoms with E-state index in [1.54, 1.807) is 37.9 Å². The van der Waals surface area contributed by atoms with Gasteiger partial charge in [0.05, 0.1) is 39.9 Å². The molecule has 4 aromatic heterocycles. The quantitative estimate of drug-likeness (QED) is 0.0329. The molecule has 2 aliphatic rings. The third kappa shape index (κ3) is 22.5. The molecule has 0 saturated carbocycles. The number of thiophene rings is 4. The predicted molar refractivity (Wildman–Crippen MR) is 364 cm³/mol. The van der Waals surface area contributed by atoms with Crippen LogP contribution in [-0.4, -0.2) is 71.5 Å². The van der Waals surface area contributed by atoms with Crippen LogP contribution in [0.5, 0.6) is 0 Å². The molecule has 6 heterocycles. The molecule has 2 unspecified atom stereocenters. The summed E-state index contributed by atoms with van der Waals surface area (Å²) < 4.78 is 8.64. The molecule has 0 bridgehead atoms. The average molecular weight is 1490 g/mol. The summed E-state index contributed by atoms with van der Waals surface area (Å²) in [4.78, 5) is 51.8. The zero-order chi connectivity index (χ0) is 56.5. The topological polar surface area (TPSA) is 40.6 Å². The Bertz CT molecular complexity index is 2240. The molecular weight excluding hydrogens is 1380 g/mol. The van der Waals surface area contributed by atoms with E-state index in [0.29, 0.717) is 36.1 Å². The first-order valence-corrected chi connectivity index (χ1v) is 56.5. The molecule has 12 heteroatoms. The first-order chi connectivity index (χ1) is 37.5. The maximum atomic E-state index is 15.3. The number of hydrogen-bond acceptors (Lipinski definition) is 6. The van der Waals surface area contributed by atoms with Crippen LogP contribution in [0.15, 0.2) is 55.1 Å². The molecule has 2 aliphatic heterocycles. The second kappa shape index (κ2) is 36.8. The number of amides is 2. The van der Waals surface area contributed by atoms with Crippen molar-refractivity contribution in [2.24, 2.45) is 11.8 Å². The number of fused-ring (bicyclic) bond motifs is 2. The Hall–Kier alpha value is 0.0374. The SMILES string of the molecule is CCCCCCCCCCC(CCCCCCCC)CN1C(=O)C2=C(c3ccc(Br)s3)N(CC(CCCCCCCC)CCCCCCCCCC)C(=O)C2=C1c1ccc(Br)s1.[CH3][Sn]([CH3])([CH3])[c]1cc2s[c]([Sn]([CH3])([CH3])[CH3])cc2s1. The van der Waals surface area contributed by atoms with Gasteiger partial charge in [0, 0.05) is 13.1 Å². The van der Waals surface area contributed by atoms with E-state index in [-0.39, 0.29) is 11.8 Å². The fraction of sp³-hybridized carbons (Fsp3) is 0.697. The van der Waals surface area contributed by atoms with E-state index >= 15 is 9.59 Å². The average Bonchev–Trinajstić information content (AvgIpc) is 4.47. The van der Waals surface area contributed by atoms with Crippen LogP contribution in [0.1, 0.15) is 243 Å². The van der Waals surface area contributed by atoms with Crippen LogP contribution in [0.2, 0.25) is 29.6 Å². The van der Waals surface area contributed by atoms with Gasteiger partial charge in [0.15, 0.2) is 0 Å².